The normalized spacial score (nSPS) is 10.3. The summed E-state index contributed by atoms with van der Waals surface area (Å²) in [4.78, 5) is 0. The summed E-state index contributed by atoms with van der Waals surface area (Å²) in [5.41, 5.74) is 0. The van der Waals surface area contributed by atoms with Crippen molar-refractivity contribution in [3.05, 3.63) is 0 Å². The summed E-state index contributed by atoms with van der Waals surface area (Å²) in [5, 5.41) is 0.194. The minimum Gasteiger partial charge on any atom is -0.381 e. The molecule has 0 N–H and O–H groups in total. The molecule has 0 aliphatic carbocycles. The standard InChI is InChI=1S/C10H22O.CH2Cl2/c1-9(2)5-7-11-8-6-10(3)4;2-1-3/h9-10H,5-8H2,1-4H3;1H2. The van der Waals surface area contributed by atoms with Gasteiger partial charge in [-0.15, -0.1) is 23.2 Å². The summed E-state index contributed by atoms with van der Waals surface area (Å²) in [6.07, 6.45) is 2.39. The van der Waals surface area contributed by atoms with E-state index in [1.807, 2.05) is 0 Å². The fourth-order valence-electron chi connectivity index (χ4n) is 0.740. The first-order valence-corrected chi connectivity index (χ1v) is 6.31. The molecule has 0 bridgehead atoms. The van der Waals surface area contributed by atoms with Crippen molar-refractivity contribution in [1.82, 2.24) is 0 Å². The lowest BCUT2D eigenvalue weighted by Gasteiger charge is -2.07. The molecule has 3 heteroatoms. The molecule has 0 saturated carbocycles. The van der Waals surface area contributed by atoms with Crippen LogP contribution in [0.3, 0.4) is 0 Å². The van der Waals surface area contributed by atoms with E-state index in [1.54, 1.807) is 0 Å². The van der Waals surface area contributed by atoms with Crippen molar-refractivity contribution in [2.24, 2.45) is 11.8 Å². The van der Waals surface area contributed by atoms with E-state index in [-0.39, 0.29) is 5.34 Å². The van der Waals surface area contributed by atoms with Crippen molar-refractivity contribution >= 4 is 23.2 Å². The van der Waals surface area contributed by atoms with E-state index in [2.05, 4.69) is 27.7 Å². The van der Waals surface area contributed by atoms with Gasteiger partial charge < -0.3 is 4.74 Å². The molecule has 0 aromatic heterocycles. The van der Waals surface area contributed by atoms with Gasteiger partial charge in [-0.2, -0.15) is 0 Å². The van der Waals surface area contributed by atoms with Gasteiger partial charge in [0.1, 0.15) is 0 Å². The molecule has 0 aromatic carbocycles. The van der Waals surface area contributed by atoms with Crippen molar-refractivity contribution < 1.29 is 4.74 Å². The van der Waals surface area contributed by atoms with Gasteiger partial charge in [-0.3, -0.25) is 0 Å². The minimum atomic E-state index is 0.194. The van der Waals surface area contributed by atoms with Crippen LogP contribution in [0.15, 0.2) is 0 Å². The predicted molar refractivity (Wildman–Crippen MR) is 66.3 cm³/mol. The molecule has 88 valence electrons. The number of hydrogen-bond donors (Lipinski definition) is 0. The highest BCUT2D eigenvalue weighted by Gasteiger charge is 1.95. The second-order valence-corrected chi connectivity index (χ2v) is 4.89. The SMILES string of the molecule is CC(C)CCOCCC(C)C.ClCCl. The lowest BCUT2D eigenvalue weighted by Crippen LogP contribution is -2.02. The Bertz CT molecular complexity index is 85.3. The molecule has 0 rings (SSSR count). The Morgan fingerprint density at radius 1 is 0.857 bits per heavy atom. The molecule has 0 spiro atoms. The third kappa shape index (κ3) is 22.9. The van der Waals surface area contributed by atoms with Gasteiger partial charge in [0.25, 0.3) is 0 Å². The van der Waals surface area contributed by atoms with Gasteiger partial charge in [-0.05, 0) is 24.7 Å². The maximum Gasteiger partial charge on any atom is 0.0967 e. The smallest absolute Gasteiger partial charge is 0.0967 e. The molecule has 14 heavy (non-hydrogen) atoms. The van der Waals surface area contributed by atoms with Gasteiger partial charge in [-0.25, -0.2) is 0 Å². The minimum absolute atomic E-state index is 0.194. The predicted octanol–water partition coefficient (Wildman–Crippen LogP) is 4.52. The van der Waals surface area contributed by atoms with Gasteiger partial charge in [0, 0.05) is 13.2 Å². The Balaban J connectivity index is 0. The summed E-state index contributed by atoms with van der Waals surface area (Å²) in [6.45, 7) is 10.8. The summed E-state index contributed by atoms with van der Waals surface area (Å²) < 4.78 is 5.46. The molecular formula is C11H24Cl2O. The average molecular weight is 243 g/mol. The molecular weight excluding hydrogens is 219 g/mol. The number of ether oxygens (including phenoxy) is 1. The van der Waals surface area contributed by atoms with E-state index in [0.717, 1.165) is 25.0 Å². The van der Waals surface area contributed by atoms with Gasteiger partial charge in [-0.1, -0.05) is 27.7 Å². The average Bonchev–Trinajstić information content (AvgIpc) is 2.04. The first-order valence-electron chi connectivity index (χ1n) is 5.24. The van der Waals surface area contributed by atoms with E-state index in [9.17, 15) is 0 Å². The summed E-state index contributed by atoms with van der Waals surface area (Å²) in [5.74, 6) is 1.54. The van der Waals surface area contributed by atoms with Gasteiger partial charge in [0.05, 0.1) is 5.34 Å². The van der Waals surface area contributed by atoms with E-state index < -0.39 is 0 Å². The fourth-order valence-corrected chi connectivity index (χ4v) is 0.740. The van der Waals surface area contributed by atoms with Crippen molar-refractivity contribution in [2.45, 2.75) is 40.5 Å². The van der Waals surface area contributed by atoms with Crippen LogP contribution in [0.1, 0.15) is 40.5 Å². The van der Waals surface area contributed by atoms with Crippen LogP contribution < -0.4 is 0 Å². The van der Waals surface area contributed by atoms with Crippen LogP contribution in [0.5, 0.6) is 0 Å². The molecule has 0 unspecified atom stereocenters. The van der Waals surface area contributed by atoms with E-state index in [1.165, 1.54) is 12.8 Å². The Morgan fingerprint density at radius 2 is 1.14 bits per heavy atom. The molecule has 0 radical (unpaired) electrons. The number of hydrogen-bond acceptors (Lipinski definition) is 1. The monoisotopic (exact) mass is 242 g/mol. The second kappa shape index (κ2) is 13.5. The van der Waals surface area contributed by atoms with Gasteiger partial charge in [0.15, 0.2) is 0 Å². The Morgan fingerprint density at radius 3 is 1.36 bits per heavy atom. The highest BCUT2D eigenvalue weighted by molar-refractivity contribution is 6.40. The fraction of sp³-hybridized carbons (Fsp3) is 1.00. The van der Waals surface area contributed by atoms with Crippen molar-refractivity contribution in [2.75, 3.05) is 18.6 Å². The Kier molecular flexibility index (Phi) is 16.4. The van der Waals surface area contributed by atoms with Crippen LogP contribution in [0.2, 0.25) is 0 Å². The van der Waals surface area contributed by atoms with Crippen LogP contribution in [0, 0.1) is 11.8 Å². The molecule has 0 atom stereocenters. The summed E-state index contributed by atoms with van der Waals surface area (Å²) in [6, 6.07) is 0. The van der Waals surface area contributed by atoms with E-state index in [4.69, 9.17) is 27.9 Å². The number of rotatable bonds is 6. The van der Waals surface area contributed by atoms with Crippen LogP contribution in [-0.4, -0.2) is 18.6 Å². The Labute approximate surface area is 99.1 Å². The summed E-state index contributed by atoms with van der Waals surface area (Å²) in [7, 11) is 0. The molecule has 0 aromatic rings. The van der Waals surface area contributed by atoms with Crippen LogP contribution >= 0.6 is 23.2 Å². The zero-order chi connectivity index (χ0) is 11.4. The van der Waals surface area contributed by atoms with Crippen LogP contribution in [0.25, 0.3) is 0 Å². The lowest BCUT2D eigenvalue weighted by atomic mass is 10.1. The third-order valence-electron chi connectivity index (χ3n) is 1.68. The van der Waals surface area contributed by atoms with Crippen LogP contribution in [-0.2, 0) is 4.74 Å². The van der Waals surface area contributed by atoms with E-state index >= 15 is 0 Å². The molecule has 1 nitrogen and oxygen atoms in total. The molecule has 0 fully saturated rings. The second-order valence-electron chi connectivity index (χ2n) is 4.08. The van der Waals surface area contributed by atoms with Crippen LogP contribution in [0.4, 0.5) is 0 Å². The highest BCUT2D eigenvalue weighted by Crippen LogP contribution is 2.02. The number of alkyl halides is 2. The molecule has 0 amide bonds. The van der Waals surface area contributed by atoms with E-state index in [0.29, 0.717) is 0 Å². The summed E-state index contributed by atoms with van der Waals surface area (Å²) >= 11 is 9.53. The first kappa shape index (κ1) is 17.0. The third-order valence-corrected chi connectivity index (χ3v) is 1.68. The van der Waals surface area contributed by atoms with Crippen molar-refractivity contribution in [3.63, 3.8) is 0 Å². The maximum atomic E-state index is 5.46. The Hall–Kier alpha value is 0.540. The maximum absolute atomic E-state index is 5.46. The molecule has 0 saturated heterocycles. The highest BCUT2D eigenvalue weighted by atomic mass is 35.5. The lowest BCUT2D eigenvalue weighted by molar-refractivity contribution is 0.114. The zero-order valence-corrected chi connectivity index (χ0v) is 11.4. The molecule has 0 heterocycles. The van der Waals surface area contributed by atoms with Crippen molar-refractivity contribution in [1.29, 1.82) is 0 Å². The molecule has 0 aliphatic rings. The number of halogens is 2. The van der Waals surface area contributed by atoms with Gasteiger partial charge >= 0.3 is 0 Å². The zero-order valence-electron chi connectivity index (χ0n) is 9.85. The largest absolute Gasteiger partial charge is 0.381 e. The van der Waals surface area contributed by atoms with Crippen molar-refractivity contribution in [3.8, 4) is 0 Å². The quantitative estimate of drug-likeness (QED) is 0.492. The topological polar surface area (TPSA) is 9.23 Å². The first-order chi connectivity index (χ1) is 6.54. The van der Waals surface area contributed by atoms with Gasteiger partial charge in [0.2, 0.25) is 0 Å². The molecule has 0 aliphatic heterocycles.